The molecule has 74 valence electrons. The number of esters is 1. The van der Waals surface area contributed by atoms with Gasteiger partial charge in [-0.25, -0.2) is 4.79 Å². The Morgan fingerprint density at radius 1 is 1.38 bits per heavy atom. The van der Waals surface area contributed by atoms with Gasteiger partial charge < -0.3 is 4.74 Å². The first-order chi connectivity index (χ1) is 6.29. The Bertz CT molecular complexity index is 185. The SMILES string of the molecule is CC1CCCCC/C=C\C(=O)OC1. The molecule has 0 fully saturated rings. The maximum atomic E-state index is 11.0. The van der Waals surface area contributed by atoms with Crippen molar-refractivity contribution in [2.45, 2.75) is 39.0 Å². The van der Waals surface area contributed by atoms with E-state index >= 15 is 0 Å². The molecule has 2 nitrogen and oxygen atoms in total. The lowest BCUT2D eigenvalue weighted by molar-refractivity contribution is -0.139. The minimum absolute atomic E-state index is 0.186. The monoisotopic (exact) mass is 182 g/mol. The van der Waals surface area contributed by atoms with E-state index in [9.17, 15) is 4.79 Å². The first-order valence-electron chi connectivity index (χ1n) is 5.12. The van der Waals surface area contributed by atoms with Crippen LogP contribution in [0.25, 0.3) is 0 Å². The molecule has 2 heteroatoms. The van der Waals surface area contributed by atoms with E-state index in [2.05, 4.69) is 6.92 Å². The topological polar surface area (TPSA) is 26.3 Å². The van der Waals surface area contributed by atoms with E-state index in [4.69, 9.17) is 4.74 Å². The van der Waals surface area contributed by atoms with Crippen LogP contribution in [-0.2, 0) is 9.53 Å². The summed E-state index contributed by atoms with van der Waals surface area (Å²) in [4.78, 5) is 11.0. The lowest BCUT2D eigenvalue weighted by Crippen LogP contribution is -2.09. The first-order valence-corrected chi connectivity index (χ1v) is 5.12. The highest BCUT2D eigenvalue weighted by Gasteiger charge is 2.05. The quantitative estimate of drug-likeness (QED) is 0.538. The molecule has 0 bridgehead atoms. The van der Waals surface area contributed by atoms with E-state index in [-0.39, 0.29) is 5.97 Å². The van der Waals surface area contributed by atoms with Gasteiger partial charge in [-0.3, -0.25) is 0 Å². The molecule has 0 aliphatic carbocycles. The summed E-state index contributed by atoms with van der Waals surface area (Å²) < 4.78 is 5.06. The number of ether oxygens (including phenoxy) is 1. The molecule has 0 aromatic heterocycles. The molecule has 0 saturated carbocycles. The van der Waals surface area contributed by atoms with Gasteiger partial charge in [0, 0.05) is 6.08 Å². The molecule has 1 atom stereocenters. The van der Waals surface area contributed by atoms with Crippen LogP contribution in [0.3, 0.4) is 0 Å². The zero-order valence-electron chi connectivity index (χ0n) is 8.29. The van der Waals surface area contributed by atoms with Crippen molar-refractivity contribution < 1.29 is 9.53 Å². The van der Waals surface area contributed by atoms with Crippen molar-refractivity contribution in [3.05, 3.63) is 12.2 Å². The number of allylic oxidation sites excluding steroid dienone is 1. The summed E-state index contributed by atoms with van der Waals surface area (Å²) in [6.07, 6.45) is 9.36. The fourth-order valence-corrected chi connectivity index (χ4v) is 1.47. The highest BCUT2D eigenvalue weighted by molar-refractivity contribution is 5.81. The molecule has 13 heavy (non-hydrogen) atoms. The summed E-state index contributed by atoms with van der Waals surface area (Å²) in [6, 6.07) is 0. The van der Waals surface area contributed by atoms with Gasteiger partial charge in [0.05, 0.1) is 6.61 Å². The van der Waals surface area contributed by atoms with Gasteiger partial charge in [0.1, 0.15) is 0 Å². The van der Waals surface area contributed by atoms with Gasteiger partial charge >= 0.3 is 5.97 Å². The Hall–Kier alpha value is -0.790. The van der Waals surface area contributed by atoms with E-state index < -0.39 is 0 Å². The van der Waals surface area contributed by atoms with Gasteiger partial charge in [-0.1, -0.05) is 25.8 Å². The van der Waals surface area contributed by atoms with Crippen LogP contribution >= 0.6 is 0 Å². The first kappa shape index (κ1) is 10.3. The molecule has 0 saturated heterocycles. The van der Waals surface area contributed by atoms with Crippen molar-refractivity contribution in [1.29, 1.82) is 0 Å². The van der Waals surface area contributed by atoms with Crippen LogP contribution in [0.1, 0.15) is 39.0 Å². The summed E-state index contributed by atoms with van der Waals surface area (Å²) in [5.74, 6) is 0.323. The number of cyclic esters (lactones) is 1. The van der Waals surface area contributed by atoms with Crippen molar-refractivity contribution in [2.24, 2.45) is 5.92 Å². The smallest absolute Gasteiger partial charge is 0.330 e. The van der Waals surface area contributed by atoms with Crippen LogP contribution in [0.5, 0.6) is 0 Å². The number of hydrogen-bond donors (Lipinski definition) is 0. The maximum absolute atomic E-state index is 11.0. The minimum Gasteiger partial charge on any atom is -0.462 e. The van der Waals surface area contributed by atoms with Gasteiger partial charge in [-0.15, -0.1) is 0 Å². The van der Waals surface area contributed by atoms with Crippen LogP contribution in [0.4, 0.5) is 0 Å². The molecule has 0 amide bonds. The van der Waals surface area contributed by atoms with Gasteiger partial charge in [0.25, 0.3) is 0 Å². The molecule has 0 spiro atoms. The van der Waals surface area contributed by atoms with E-state index in [1.165, 1.54) is 25.7 Å². The average Bonchev–Trinajstić information content (AvgIpc) is 2.15. The Balaban J connectivity index is 2.38. The Labute approximate surface area is 80.0 Å². The molecule has 1 rings (SSSR count). The molecule has 0 N–H and O–H groups in total. The summed E-state index contributed by atoms with van der Waals surface area (Å²) in [6.45, 7) is 2.71. The fraction of sp³-hybridized carbons (Fsp3) is 0.727. The van der Waals surface area contributed by atoms with Gasteiger partial charge in [0.2, 0.25) is 0 Å². The second-order valence-corrected chi connectivity index (χ2v) is 3.78. The molecule has 0 radical (unpaired) electrons. The van der Waals surface area contributed by atoms with E-state index in [0.29, 0.717) is 12.5 Å². The van der Waals surface area contributed by atoms with Crippen molar-refractivity contribution in [3.63, 3.8) is 0 Å². The van der Waals surface area contributed by atoms with Crippen LogP contribution in [0.2, 0.25) is 0 Å². The summed E-state index contributed by atoms with van der Waals surface area (Å²) in [5.41, 5.74) is 0. The second kappa shape index (κ2) is 5.79. The zero-order valence-corrected chi connectivity index (χ0v) is 8.29. The van der Waals surface area contributed by atoms with Crippen LogP contribution in [0, 0.1) is 5.92 Å². The molecule has 1 unspecified atom stereocenters. The molecule has 0 aromatic rings. The normalized spacial score (nSPS) is 28.7. The van der Waals surface area contributed by atoms with Crippen LogP contribution in [-0.4, -0.2) is 12.6 Å². The third kappa shape index (κ3) is 4.71. The lowest BCUT2D eigenvalue weighted by atomic mass is 10.0. The summed E-state index contributed by atoms with van der Waals surface area (Å²) in [5, 5.41) is 0. The largest absolute Gasteiger partial charge is 0.462 e. The number of carbonyl (C=O) groups excluding carboxylic acids is 1. The maximum Gasteiger partial charge on any atom is 0.330 e. The predicted octanol–water partition coefficient (Wildman–Crippen LogP) is 2.69. The highest BCUT2D eigenvalue weighted by atomic mass is 16.5. The van der Waals surface area contributed by atoms with Crippen molar-refractivity contribution in [1.82, 2.24) is 0 Å². The summed E-state index contributed by atoms with van der Waals surface area (Å²) in [7, 11) is 0. The molecular formula is C11H18O2. The number of carbonyl (C=O) groups is 1. The van der Waals surface area contributed by atoms with E-state index in [1.807, 2.05) is 6.08 Å². The molecule has 1 aliphatic rings. The second-order valence-electron chi connectivity index (χ2n) is 3.78. The molecule has 0 aromatic carbocycles. The van der Waals surface area contributed by atoms with E-state index in [0.717, 1.165) is 6.42 Å². The third-order valence-electron chi connectivity index (χ3n) is 2.33. The predicted molar refractivity (Wildman–Crippen MR) is 52.3 cm³/mol. The third-order valence-corrected chi connectivity index (χ3v) is 2.33. The van der Waals surface area contributed by atoms with E-state index in [1.54, 1.807) is 6.08 Å². The lowest BCUT2D eigenvalue weighted by Gasteiger charge is -2.09. The molecule has 1 aliphatic heterocycles. The van der Waals surface area contributed by atoms with Crippen LogP contribution < -0.4 is 0 Å². The van der Waals surface area contributed by atoms with Crippen LogP contribution in [0.15, 0.2) is 12.2 Å². The molecular weight excluding hydrogens is 164 g/mol. The van der Waals surface area contributed by atoms with Gasteiger partial charge in [-0.05, 0) is 25.2 Å². The highest BCUT2D eigenvalue weighted by Crippen LogP contribution is 2.12. The minimum atomic E-state index is -0.186. The number of hydrogen-bond acceptors (Lipinski definition) is 2. The summed E-state index contributed by atoms with van der Waals surface area (Å²) >= 11 is 0. The Morgan fingerprint density at radius 2 is 2.23 bits per heavy atom. The fourth-order valence-electron chi connectivity index (χ4n) is 1.47. The van der Waals surface area contributed by atoms with Crippen molar-refractivity contribution in [2.75, 3.05) is 6.61 Å². The van der Waals surface area contributed by atoms with Gasteiger partial charge in [-0.2, -0.15) is 0 Å². The molecule has 1 heterocycles. The van der Waals surface area contributed by atoms with Gasteiger partial charge in [0.15, 0.2) is 0 Å². The average molecular weight is 182 g/mol. The standard InChI is InChI=1S/C11H18O2/c1-10-7-5-3-2-4-6-8-11(12)13-9-10/h6,8,10H,2-5,7,9H2,1H3/b8-6-. The zero-order chi connectivity index (χ0) is 9.52. The number of rotatable bonds is 0. The van der Waals surface area contributed by atoms with Crippen molar-refractivity contribution >= 4 is 5.97 Å². The Kier molecular flexibility index (Phi) is 4.58. The Morgan fingerprint density at radius 3 is 3.08 bits per heavy atom. The van der Waals surface area contributed by atoms with Crippen molar-refractivity contribution in [3.8, 4) is 0 Å².